The van der Waals surface area contributed by atoms with Crippen molar-refractivity contribution in [3.63, 3.8) is 0 Å². The zero-order valence-electron chi connectivity index (χ0n) is 11.3. The first-order valence-electron chi connectivity index (χ1n) is 6.89. The van der Waals surface area contributed by atoms with Crippen molar-refractivity contribution >= 4 is 44.4 Å². The largest absolute Gasteiger partial charge is 0.242 e. The molecule has 0 bridgehead atoms. The molecule has 0 radical (unpaired) electrons. The summed E-state index contributed by atoms with van der Waals surface area (Å²) in [7, 11) is -3.56. The van der Waals surface area contributed by atoms with Crippen LogP contribution in [0.25, 0.3) is 11.0 Å². The second kappa shape index (κ2) is 6.16. The predicted molar refractivity (Wildman–Crippen MR) is 84.2 cm³/mol. The summed E-state index contributed by atoms with van der Waals surface area (Å²) in [5.41, 5.74) is 1.05. The van der Waals surface area contributed by atoms with E-state index < -0.39 is 10.0 Å². The van der Waals surface area contributed by atoms with E-state index in [-0.39, 0.29) is 4.90 Å². The SMILES string of the molecule is O=S(=O)(NCC1CCCC1CCl)c1cccc2nsnc12. The smallest absolute Gasteiger partial charge is 0.211 e. The van der Waals surface area contributed by atoms with Crippen molar-refractivity contribution in [2.24, 2.45) is 11.8 Å². The number of nitrogens with zero attached hydrogens (tertiary/aromatic N) is 2. The van der Waals surface area contributed by atoms with Gasteiger partial charge in [-0.2, -0.15) is 8.75 Å². The first-order chi connectivity index (χ1) is 10.1. The van der Waals surface area contributed by atoms with Gasteiger partial charge >= 0.3 is 0 Å². The van der Waals surface area contributed by atoms with Gasteiger partial charge in [-0.3, -0.25) is 0 Å². The highest BCUT2D eigenvalue weighted by atomic mass is 35.5. The van der Waals surface area contributed by atoms with E-state index in [0.717, 1.165) is 31.0 Å². The van der Waals surface area contributed by atoms with Crippen molar-refractivity contribution in [2.75, 3.05) is 12.4 Å². The lowest BCUT2D eigenvalue weighted by Crippen LogP contribution is -2.31. The zero-order valence-corrected chi connectivity index (χ0v) is 13.7. The van der Waals surface area contributed by atoms with Crippen LogP contribution in [0.1, 0.15) is 19.3 Å². The normalized spacial score (nSPS) is 22.9. The average molecular weight is 346 g/mol. The third kappa shape index (κ3) is 3.06. The van der Waals surface area contributed by atoms with Gasteiger partial charge < -0.3 is 0 Å². The van der Waals surface area contributed by atoms with Crippen molar-refractivity contribution in [1.29, 1.82) is 0 Å². The minimum Gasteiger partial charge on any atom is -0.211 e. The van der Waals surface area contributed by atoms with Crippen LogP contribution < -0.4 is 4.72 Å². The van der Waals surface area contributed by atoms with Crippen LogP contribution in [-0.4, -0.2) is 29.6 Å². The quantitative estimate of drug-likeness (QED) is 0.845. The average Bonchev–Trinajstić information content (AvgIpc) is 3.12. The van der Waals surface area contributed by atoms with E-state index in [1.165, 1.54) is 0 Å². The highest BCUT2D eigenvalue weighted by molar-refractivity contribution is 7.89. The Hall–Kier alpha value is -0.760. The number of fused-ring (bicyclic) bond motifs is 1. The lowest BCUT2D eigenvalue weighted by atomic mass is 9.98. The summed E-state index contributed by atoms with van der Waals surface area (Å²) in [6.07, 6.45) is 3.24. The second-order valence-electron chi connectivity index (χ2n) is 5.35. The molecule has 0 spiro atoms. The number of halogens is 1. The van der Waals surface area contributed by atoms with Gasteiger partial charge in [-0.15, -0.1) is 11.6 Å². The van der Waals surface area contributed by atoms with Gasteiger partial charge in [0, 0.05) is 12.4 Å². The molecule has 8 heteroatoms. The van der Waals surface area contributed by atoms with Crippen LogP contribution in [0.3, 0.4) is 0 Å². The Morgan fingerprint density at radius 3 is 2.90 bits per heavy atom. The van der Waals surface area contributed by atoms with Crippen LogP contribution in [0.2, 0.25) is 0 Å². The number of alkyl halides is 1. The van der Waals surface area contributed by atoms with Gasteiger partial charge in [0.25, 0.3) is 0 Å². The Bertz CT molecular complexity index is 732. The van der Waals surface area contributed by atoms with Gasteiger partial charge in [0.15, 0.2) is 0 Å². The van der Waals surface area contributed by atoms with Gasteiger partial charge in [0.05, 0.1) is 11.7 Å². The molecule has 5 nitrogen and oxygen atoms in total. The molecule has 1 aliphatic rings. The van der Waals surface area contributed by atoms with Crippen LogP contribution in [0.5, 0.6) is 0 Å². The summed E-state index contributed by atoms with van der Waals surface area (Å²) >= 11 is 6.96. The number of hydrogen-bond donors (Lipinski definition) is 1. The number of hydrogen-bond acceptors (Lipinski definition) is 5. The predicted octanol–water partition coefficient (Wildman–Crippen LogP) is 2.62. The molecule has 1 aromatic heterocycles. The monoisotopic (exact) mass is 345 g/mol. The van der Waals surface area contributed by atoms with Gasteiger partial charge in [-0.25, -0.2) is 13.1 Å². The molecule has 21 heavy (non-hydrogen) atoms. The third-order valence-corrected chi connectivity index (χ3v) is 6.48. The number of sulfonamides is 1. The van der Waals surface area contributed by atoms with E-state index in [1.807, 2.05) is 0 Å². The van der Waals surface area contributed by atoms with Gasteiger partial charge in [-0.1, -0.05) is 12.5 Å². The molecule has 2 atom stereocenters. The lowest BCUT2D eigenvalue weighted by Gasteiger charge is -2.17. The highest BCUT2D eigenvalue weighted by Gasteiger charge is 2.28. The fraction of sp³-hybridized carbons (Fsp3) is 0.538. The van der Waals surface area contributed by atoms with E-state index in [1.54, 1.807) is 18.2 Å². The second-order valence-corrected chi connectivity index (χ2v) is 7.92. The van der Waals surface area contributed by atoms with Crippen molar-refractivity contribution in [2.45, 2.75) is 24.2 Å². The summed E-state index contributed by atoms with van der Waals surface area (Å²) in [6, 6.07) is 5.02. The number of benzene rings is 1. The van der Waals surface area contributed by atoms with Crippen LogP contribution in [0, 0.1) is 11.8 Å². The molecule has 1 N–H and O–H groups in total. The standard InChI is InChI=1S/C13H16ClN3O2S2/c14-7-9-3-1-4-10(9)8-15-21(18,19)12-6-2-5-11-13(12)17-20-16-11/h2,5-6,9-10,15H,1,3-4,7-8H2. The van der Waals surface area contributed by atoms with Crippen LogP contribution >= 0.6 is 23.3 Å². The van der Waals surface area contributed by atoms with Crippen LogP contribution in [0.4, 0.5) is 0 Å². The molecule has 1 heterocycles. The Morgan fingerprint density at radius 2 is 2.10 bits per heavy atom. The van der Waals surface area contributed by atoms with E-state index in [0.29, 0.717) is 35.3 Å². The van der Waals surface area contributed by atoms with Gasteiger partial charge in [0.1, 0.15) is 15.9 Å². The molecule has 1 saturated carbocycles. The van der Waals surface area contributed by atoms with Crippen LogP contribution in [0.15, 0.2) is 23.1 Å². The van der Waals surface area contributed by atoms with Gasteiger partial charge in [-0.05, 0) is 36.8 Å². The van der Waals surface area contributed by atoms with E-state index in [9.17, 15) is 8.42 Å². The molecule has 2 aromatic rings. The summed E-state index contributed by atoms with van der Waals surface area (Å²) in [5.74, 6) is 1.33. The number of nitrogens with one attached hydrogen (secondary N) is 1. The molecule has 0 saturated heterocycles. The molecular formula is C13H16ClN3O2S2. The van der Waals surface area contributed by atoms with E-state index >= 15 is 0 Å². The van der Waals surface area contributed by atoms with Crippen molar-refractivity contribution in [1.82, 2.24) is 13.5 Å². The summed E-state index contributed by atoms with van der Waals surface area (Å²) in [4.78, 5) is 0.203. The van der Waals surface area contributed by atoms with Gasteiger partial charge in [0.2, 0.25) is 10.0 Å². The zero-order chi connectivity index (χ0) is 14.9. The summed E-state index contributed by atoms with van der Waals surface area (Å²) < 4.78 is 35.9. The van der Waals surface area contributed by atoms with E-state index in [4.69, 9.17) is 11.6 Å². The molecule has 0 aliphatic heterocycles. The maximum Gasteiger partial charge on any atom is 0.242 e. The summed E-state index contributed by atoms with van der Waals surface area (Å²) in [5, 5.41) is 0. The first kappa shape index (κ1) is 15.1. The summed E-state index contributed by atoms with van der Waals surface area (Å²) in [6.45, 7) is 0.438. The Labute approximate surface area is 133 Å². The molecule has 114 valence electrons. The highest BCUT2D eigenvalue weighted by Crippen LogP contribution is 2.32. The Balaban J connectivity index is 1.79. The fourth-order valence-electron chi connectivity index (χ4n) is 2.88. The molecule has 1 fully saturated rings. The van der Waals surface area contributed by atoms with Crippen molar-refractivity contribution in [3.05, 3.63) is 18.2 Å². The Kier molecular flexibility index (Phi) is 4.44. The maximum absolute atomic E-state index is 12.5. The fourth-order valence-corrected chi connectivity index (χ4v) is 5.14. The third-order valence-electron chi connectivity index (χ3n) is 4.09. The molecular weight excluding hydrogens is 330 g/mol. The maximum atomic E-state index is 12.5. The number of rotatable bonds is 5. The molecule has 1 aromatic carbocycles. The first-order valence-corrected chi connectivity index (χ1v) is 9.63. The molecule has 3 rings (SSSR count). The number of aromatic nitrogens is 2. The van der Waals surface area contributed by atoms with Crippen LogP contribution in [-0.2, 0) is 10.0 Å². The lowest BCUT2D eigenvalue weighted by molar-refractivity contribution is 0.418. The molecule has 1 aliphatic carbocycles. The molecule has 2 unspecified atom stereocenters. The topological polar surface area (TPSA) is 72.0 Å². The minimum absolute atomic E-state index is 0.203. The molecule has 0 amide bonds. The van der Waals surface area contributed by atoms with Crippen molar-refractivity contribution < 1.29 is 8.42 Å². The Morgan fingerprint density at radius 1 is 1.29 bits per heavy atom. The minimum atomic E-state index is -3.56. The van der Waals surface area contributed by atoms with E-state index in [2.05, 4.69) is 13.5 Å². The van der Waals surface area contributed by atoms with Crippen molar-refractivity contribution in [3.8, 4) is 0 Å².